The van der Waals surface area contributed by atoms with Crippen LogP contribution in [0.1, 0.15) is 38.2 Å². The lowest BCUT2D eigenvalue weighted by Crippen LogP contribution is -2.44. The van der Waals surface area contributed by atoms with Crippen molar-refractivity contribution in [2.45, 2.75) is 39.0 Å². The molecule has 3 rings (SSSR count). The number of nitrogens with one attached hydrogen (secondary N) is 1. The van der Waals surface area contributed by atoms with Gasteiger partial charge < -0.3 is 15.3 Å². The van der Waals surface area contributed by atoms with Gasteiger partial charge in [0.25, 0.3) is 0 Å². The average molecular weight is 399 g/mol. The Labute approximate surface area is 165 Å². The predicted octanol–water partition coefficient (Wildman–Crippen LogP) is 4.12. The quantitative estimate of drug-likeness (QED) is 0.801. The largest absolute Gasteiger partial charge is 0.505 e. The molecule has 2 heterocycles. The molecule has 1 aromatic rings. The van der Waals surface area contributed by atoms with Crippen LogP contribution in [0.25, 0.3) is 0 Å². The van der Waals surface area contributed by atoms with Gasteiger partial charge >= 0.3 is 0 Å². The number of nitrogens with zero attached hydrogens (tertiary/aromatic N) is 1. The molecule has 0 aliphatic carbocycles. The van der Waals surface area contributed by atoms with Gasteiger partial charge in [-0.2, -0.15) is 0 Å². The molecule has 26 heavy (non-hydrogen) atoms. The topological polar surface area (TPSA) is 52.6 Å². The van der Waals surface area contributed by atoms with E-state index in [1.807, 2.05) is 11.8 Å². The Morgan fingerprint density at radius 3 is 2.27 bits per heavy atom. The first-order valence-corrected chi connectivity index (χ1v) is 10.4. The van der Waals surface area contributed by atoms with Gasteiger partial charge in [-0.15, -0.1) is 0 Å². The highest BCUT2D eigenvalue weighted by atomic mass is 35.5. The fourth-order valence-electron chi connectivity index (χ4n) is 4.40. The number of phenolic OH excluding ortho intramolecular Hbond substituents is 1. The second-order valence-corrected chi connectivity index (χ2v) is 8.58. The van der Waals surface area contributed by atoms with Crippen molar-refractivity contribution in [1.29, 1.82) is 0 Å². The molecule has 0 radical (unpaired) electrons. The van der Waals surface area contributed by atoms with Crippen LogP contribution in [-0.2, 0) is 11.2 Å². The third kappa shape index (κ3) is 4.65. The molecule has 2 aliphatic rings. The molecular formula is C20H28Cl2N2O2. The molecule has 2 N–H and O–H groups in total. The van der Waals surface area contributed by atoms with Crippen LogP contribution in [-0.4, -0.2) is 42.1 Å². The summed E-state index contributed by atoms with van der Waals surface area (Å²) < 4.78 is 0. The molecular weight excluding hydrogens is 371 g/mol. The third-order valence-electron chi connectivity index (χ3n) is 5.94. The average Bonchev–Trinajstić information content (AvgIpc) is 2.66. The minimum absolute atomic E-state index is 0.101. The molecule has 0 aromatic heterocycles. The molecule has 2 fully saturated rings. The zero-order valence-electron chi connectivity index (χ0n) is 15.3. The fourth-order valence-corrected chi connectivity index (χ4v) is 4.93. The Bertz CT molecular complexity index is 616. The standard InChI is InChI=1S/C20H28Cl2N2O2/c1-13(10-14-11-17(21)19(25)18(22)12-14)20(26)24-8-4-16(5-9-24)15-2-6-23-7-3-15/h11-13,15-16,23,25H,2-10H2,1H3/t13-/m1/s1. The summed E-state index contributed by atoms with van der Waals surface area (Å²) in [6.07, 6.45) is 5.38. The number of hydrogen-bond acceptors (Lipinski definition) is 3. The van der Waals surface area contributed by atoms with Crippen molar-refractivity contribution < 1.29 is 9.90 Å². The Morgan fingerprint density at radius 2 is 1.69 bits per heavy atom. The maximum atomic E-state index is 12.8. The number of hydrogen-bond donors (Lipinski definition) is 2. The van der Waals surface area contributed by atoms with E-state index in [4.69, 9.17) is 23.2 Å². The van der Waals surface area contributed by atoms with Gasteiger partial charge in [0.2, 0.25) is 5.91 Å². The van der Waals surface area contributed by atoms with Crippen molar-refractivity contribution in [3.63, 3.8) is 0 Å². The number of phenols is 1. The van der Waals surface area contributed by atoms with Crippen LogP contribution in [0.4, 0.5) is 0 Å². The van der Waals surface area contributed by atoms with Gasteiger partial charge in [0.1, 0.15) is 0 Å². The zero-order chi connectivity index (χ0) is 18.7. The molecule has 2 saturated heterocycles. The fraction of sp³-hybridized carbons (Fsp3) is 0.650. The lowest BCUT2D eigenvalue weighted by molar-refractivity contribution is -0.136. The van der Waals surface area contributed by atoms with Gasteiger partial charge in [-0.05, 0) is 74.7 Å². The highest BCUT2D eigenvalue weighted by Crippen LogP contribution is 2.34. The number of carbonyl (C=O) groups excluding carboxylic acids is 1. The summed E-state index contributed by atoms with van der Waals surface area (Å²) in [6.45, 7) is 5.97. The van der Waals surface area contributed by atoms with Gasteiger partial charge in [0.05, 0.1) is 10.0 Å². The number of amides is 1. The van der Waals surface area contributed by atoms with Gasteiger partial charge in [0.15, 0.2) is 5.75 Å². The highest BCUT2D eigenvalue weighted by Gasteiger charge is 2.30. The minimum Gasteiger partial charge on any atom is -0.505 e. The van der Waals surface area contributed by atoms with E-state index >= 15 is 0 Å². The normalized spacial score (nSPS) is 21.0. The van der Waals surface area contributed by atoms with Crippen molar-refractivity contribution in [2.24, 2.45) is 17.8 Å². The number of piperidine rings is 2. The molecule has 1 amide bonds. The van der Waals surface area contributed by atoms with Crippen LogP contribution < -0.4 is 5.32 Å². The lowest BCUT2D eigenvalue weighted by Gasteiger charge is -2.38. The Hall–Kier alpha value is -0.970. The Kier molecular flexibility index (Phi) is 6.70. The van der Waals surface area contributed by atoms with Gasteiger partial charge in [-0.1, -0.05) is 30.1 Å². The monoisotopic (exact) mass is 398 g/mol. The van der Waals surface area contributed by atoms with Gasteiger partial charge in [0, 0.05) is 19.0 Å². The van der Waals surface area contributed by atoms with Crippen molar-refractivity contribution in [3.8, 4) is 5.75 Å². The smallest absolute Gasteiger partial charge is 0.225 e. The van der Waals surface area contributed by atoms with E-state index in [2.05, 4.69) is 5.32 Å². The molecule has 0 bridgehead atoms. The zero-order valence-corrected chi connectivity index (χ0v) is 16.8. The van der Waals surface area contributed by atoms with Crippen molar-refractivity contribution in [2.75, 3.05) is 26.2 Å². The maximum Gasteiger partial charge on any atom is 0.225 e. The van der Waals surface area contributed by atoms with Crippen LogP contribution in [0.2, 0.25) is 10.0 Å². The summed E-state index contributed by atoms with van der Waals surface area (Å²) in [5.74, 6) is 1.57. The van der Waals surface area contributed by atoms with E-state index in [-0.39, 0.29) is 27.6 Å². The van der Waals surface area contributed by atoms with Gasteiger partial charge in [-0.25, -0.2) is 0 Å². The first-order chi connectivity index (χ1) is 12.5. The van der Waals surface area contributed by atoms with Crippen molar-refractivity contribution in [3.05, 3.63) is 27.7 Å². The summed E-state index contributed by atoms with van der Waals surface area (Å²) >= 11 is 12.0. The second kappa shape index (κ2) is 8.81. The van der Waals surface area contributed by atoms with Gasteiger partial charge in [-0.3, -0.25) is 4.79 Å². The van der Waals surface area contributed by atoms with E-state index in [0.717, 1.165) is 56.4 Å². The van der Waals surface area contributed by atoms with E-state index < -0.39 is 0 Å². The summed E-state index contributed by atoms with van der Waals surface area (Å²) in [5.41, 5.74) is 0.878. The molecule has 144 valence electrons. The summed E-state index contributed by atoms with van der Waals surface area (Å²) in [7, 11) is 0. The summed E-state index contributed by atoms with van der Waals surface area (Å²) in [6, 6.07) is 3.38. The predicted molar refractivity (Wildman–Crippen MR) is 106 cm³/mol. The molecule has 6 heteroatoms. The molecule has 1 aromatic carbocycles. The Morgan fingerprint density at radius 1 is 1.15 bits per heavy atom. The Balaban J connectivity index is 1.53. The van der Waals surface area contributed by atoms with Crippen LogP contribution >= 0.6 is 23.2 Å². The second-order valence-electron chi connectivity index (χ2n) is 7.76. The molecule has 0 spiro atoms. The van der Waals surface area contributed by atoms with Crippen molar-refractivity contribution >= 4 is 29.1 Å². The number of likely N-dealkylation sites (tertiary alicyclic amines) is 1. The molecule has 2 aliphatic heterocycles. The first kappa shape index (κ1) is 19.8. The highest BCUT2D eigenvalue weighted by molar-refractivity contribution is 6.37. The minimum atomic E-state index is -0.123. The maximum absolute atomic E-state index is 12.8. The molecule has 4 nitrogen and oxygen atoms in total. The van der Waals surface area contributed by atoms with Crippen LogP contribution in [0.15, 0.2) is 12.1 Å². The number of halogens is 2. The summed E-state index contributed by atoms with van der Waals surface area (Å²) in [4.78, 5) is 14.8. The summed E-state index contributed by atoms with van der Waals surface area (Å²) in [5, 5.41) is 13.6. The molecule has 0 saturated carbocycles. The number of carbonyl (C=O) groups is 1. The molecule has 1 atom stereocenters. The molecule has 0 unspecified atom stereocenters. The SMILES string of the molecule is C[C@H](Cc1cc(Cl)c(O)c(Cl)c1)C(=O)N1CCC(C2CCNCC2)CC1. The van der Waals surface area contributed by atoms with E-state index in [1.165, 1.54) is 12.8 Å². The van der Waals surface area contributed by atoms with Crippen molar-refractivity contribution in [1.82, 2.24) is 10.2 Å². The van der Waals surface area contributed by atoms with E-state index in [1.54, 1.807) is 12.1 Å². The first-order valence-electron chi connectivity index (χ1n) is 9.62. The van der Waals surface area contributed by atoms with Crippen LogP contribution in [0, 0.1) is 17.8 Å². The lowest BCUT2D eigenvalue weighted by atomic mass is 9.79. The number of benzene rings is 1. The van der Waals surface area contributed by atoms with E-state index in [9.17, 15) is 9.90 Å². The third-order valence-corrected chi connectivity index (χ3v) is 6.52. The number of rotatable bonds is 4. The van der Waals surface area contributed by atoms with E-state index in [0.29, 0.717) is 6.42 Å². The number of aromatic hydroxyl groups is 1. The van der Waals surface area contributed by atoms with Crippen LogP contribution in [0.5, 0.6) is 5.75 Å². The van der Waals surface area contributed by atoms with Crippen LogP contribution in [0.3, 0.4) is 0 Å².